The van der Waals surface area contributed by atoms with Gasteiger partial charge in [0.05, 0.1) is 13.7 Å². The summed E-state index contributed by atoms with van der Waals surface area (Å²) < 4.78 is 18.5. The van der Waals surface area contributed by atoms with E-state index in [1.807, 2.05) is 0 Å². The Labute approximate surface area is 96.7 Å². The van der Waals surface area contributed by atoms with E-state index in [-0.39, 0.29) is 5.69 Å². The minimum Gasteiger partial charge on any atom is -0.494 e. The summed E-state index contributed by atoms with van der Waals surface area (Å²) in [5.74, 6) is -0.232. The van der Waals surface area contributed by atoms with E-state index in [2.05, 4.69) is 4.98 Å². The first-order valence-corrected chi connectivity index (χ1v) is 4.92. The highest BCUT2D eigenvalue weighted by atomic mass is 19.1. The van der Waals surface area contributed by atoms with Gasteiger partial charge >= 0.3 is 0 Å². The average Bonchev–Trinajstić information content (AvgIpc) is 2.36. The normalized spacial score (nSPS) is 10.5. The molecule has 17 heavy (non-hydrogen) atoms. The van der Waals surface area contributed by atoms with E-state index in [0.29, 0.717) is 28.5 Å². The van der Waals surface area contributed by atoms with Gasteiger partial charge in [-0.1, -0.05) is 0 Å². The molecule has 1 aromatic carbocycles. The van der Waals surface area contributed by atoms with Crippen LogP contribution < -0.4 is 4.74 Å². The lowest BCUT2D eigenvalue weighted by molar-refractivity contribution is 0.112. The number of carbonyl (C=O) groups excluding carboxylic acids is 1. The van der Waals surface area contributed by atoms with Crippen LogP contribution in [0, 0.1) is 5.82 Å². The van der Waals surface area contributed by atoms with Gasteiger partial charge in [0.1, 0.15) is 29.1 Å². The first-order valence-electron chi connectivity index (χ1n) is 4.92. The van der Waals surface area contributed by atoms with Crippen molar-refractivity contribution < 1.29 is 19.0 Å². The molecule has 4 nitrogen and oxygen atoms in total. The van der Waals surface area contributed by atoms with Gasteiger partial charge in [0.15, 0.2) is 0 Å². The quantitative estimate of drug-likeness (QED) is 0.822. The highest BCUT2D eigenvalue weighted by Gasteiger charge is 2.11. The highest BCUT2D eigenvalue weighted by Crippen LogP contribution is 2.26. The fourth-order valence-electron chi connectivity index (χ4n) is 1.62. The Morgan fingerprint density at radius 1 is 1.47 bits per heavy atom. The van der Waals surface area contributed by atoms with E-state index >= 15 is 0 Å². The number of aldehydes is 1. The van der Waals surface area contributed by atoms with Crippen molar-refractivity contribution in [3.63, 3.8) is 0 Å². The molecule has 2 aromatic rings. The summed E-state index contributed by atoms with van der Waals surface area (Å²) in [7, 11) is 1.44. The van der Waals surface area contributed by atoms with Crippen molar-refractivity contribution in [2.75, 3.05) is 7.11 Å². The summed E-state index contributed by atoms with van der Waals surface area (Å²) >= 11 is 0. The molecule has 1 N–H and O–H groups in total. The number of pyridine rings is 1. The summed E-state index contributed by atoms with van der Waals surface area (Å²) in [5, 5.41) is 9.40. The van der Waals surface area contributed by atoms with E-state index < -0.39 is 12.4 Å². The second-order valence-electron chi connectivity index (χ2n) is 3.49. The molecule has 5 heteroatoms. The number of aliphatic hydroxyl groups is 1. The largest absolute Gasteiger partial charge is 0.494 e. The first kappa shape index (κ1) is 11.5. The van der Waals surface area contributed by atoms with Crippen LogP contribution in [0.1, 0.15) is 16.1 Å². The maximum atomic E-state index is 13.4. The molecule has 0 radical (unpaired) electrons. The lowest BCUT2D eigenvalue weighted by Crippen LogP contribution is -1.98. The molecule has 0 aliphatic rings. The van der Waals surface area contributed by atoms with Crippen LogP contribution in [-0.4, -0.2) is 23.5 Å². The second-order valence-corrected chi connectivity index (χ2v) is 3.49. The average molecular weight is 235 g/mol. The summed E-state index contributed by atoms with van der Waals surface area (Å²) in [4.78, 5) is 14.7. The predicted molar refractivity (Wildman–Crippen MR) is 59.6 cm³/mol. The number of hydrogen-bond donors (Lipinski definition) is 1. The fraction of sp³-hybridized carbons (Fsp3) is 0.167. The third-order valence-electron chi connectivity index (χ3n) is 2.44. The second kappa shape index (κ2) is 4.47. The van der Waals surface area contributed by atoms with Crippen LogP contribution in [0.5, 0.6) is 5.75 Å². The van der Waals surface area contributed by atoms with E-state index in [0.717, 1.165) is 0 Å². The number of ether oxygens (including phenoxy) is 1. The van der Waals surface area contributed by atoms with Crippen molar-refractivity contribution in [2.24, 2.45) is 0 Å². The number of benzene rings is 1. The topological polar surface area (TPSA) is 59.4 Å². The Morgan fingerprint density at radius 2 is 2.24 bits per heavy atom. The number of methoxy groups -OCH3 is 1. The van der Waals surface area contributed by atoms with Crippen LogP contribution >= 0.6 is 0 Å². The van der Waals surface area contributed by atoms with E-state index in [9.17, 15) is 9.18 Å². The van der Waals surface area contributed by atoms with Crippen LogP contribution in [-0.2, 0) is 6.61 Å². The van der Waals surface area contributed by atoms with Gasteiger partial charge in [-0.15, -0.1) is 0 Å². The number of aromatic nitrogens is 1. The van der Waals surface area contributed by atoms with E-state index in [4.69, 9.17) is 9.84 Å². The molecule has 1 heterocycles. The van der Waals surface area contributed by atoms with Crippen LogP contribution in [0.4, 0.5) is 4.39 Å². The number of carbonyl (C=O) groups is 1. The van der Waals surface area contributed by atoms with Crippen molar-refractivity contribution >= 4 is 17.2 Å². The van der Waals surface area contributed by atoms with Crippen LogP contribution in [0.15, 0.2) is 18.2 Å². The number of halogens is 1. The first-order chi connectivity index (χ1) is 8.19. The smallest absolute Gasteiger partial charge is 0.150 e. The van der Waals surface area contributed by atoms with Crippen molar-refractivity contribution in [3.05, 3.63) is 35.3 Å². The van der Waals surface area contributed by atoms with Gasteiger partial charge in [-0.05, 0) is 18.2 Å². The molecule has 0 aliphatic heterocycles. The maximum absolute atomic E-state index is 13.4. The van der Waals surface area contributed by atoms with E-state index in [1.165, 1.54) is 25.3 Å². The Hall–Kier alpha value is -2.01. The van der Waals surface area contributed by atoms with Gasteiger partial charge in [-0.25, -0.2) is 9.37 Å². The highest BCUT2D eigenvalue weighted by molar-refractivity contribution is 5.91. The molecule has 88 valence electrons. The Kier molecular flexibility index (Phi) is 3.01. The predicted octanol–water partition coefficient (Wildman–Crippen LogP) is 1.69. The fourth-order valence-corrected chi connectivity index (χ4v) is 1.62. The monoisotopic (exact) mass is 235 g/mol. The van der Waals surface area contributed by atoms with Crippen molar-refractivity contribution in [1.29, 1.82) is 0 Å². The molecule has 0 unspecified atom stereocenters. The zero-order valence-electron chi connectivity index (χ0n) is 9.11. The van der Waals surface area contributed by atoms with Gasteiger partial charge in [0.25, 0.3) is 0 Å². The number of hydrogen-bond acceptors (Lipinski definition) is 4. The van der Waals surface area contributed by atoms with Crippen LogP contribution in [0.3, 0.4) is 0 Å². The molecule has 0 saturated heterocycles. The SMILES string of the molecule is COc1cc(C=O)cc2cc(F)c(CO)nc12. The number of aliphatic hydroxyl groups excluding tert-OH is 1. The molecule has 1 aromatic heterocycles. The molecule has 0 spiro atoms. The number of nitrogens with zero attached hydrogens (tertiary/aromatic N) is 1. The van der Waals surface area contributed by atoms with Crippen LogP contribution in [0.2, 0.25) is 0 Å². The van der Waals surface area contributed by atoms with Crippen molar-refractivity contribution in [1.82, 2.24) is 4.98 Å². The van der Waals surface area contributed by atoms with Crippen LogP contribution in [0.25, 0.3) is 10.9 Å². The molecule has 0 atom stereocenters. The molecular weight excluding hydrogens is 225 g/mol. The van der Waals surface area contributed by atoms with Gasteiger partial charge in [-0.2, -0.15) is 0 Å². The maximum Gasteiger partial charge on any atom is 0.150 e. The Balaban J connectivity index is 2.80. The molecule has 0 bridgehead atoms. The number of fused-ring (bicyclic) bond motifs is 1. The summed E-state index contributed by atoms with van der Waals surface area (Å²) in [6.45, 7) is -0.486. The van der Waals surface area contributed by atoms with Gasteiger partial charge in [-0.3, -0.25) is 4.79 Å². The molecular formula is C12H10FNO3. The zero-order valence-corrected chi connectivity index (χ0v) is 9.11. The Morgan fingerprint density at radius 3 is 2.82 bits per heavy atom. The zero-order chi connectivity index (χ0) is 12.4. The standard InChI is InChI=1S/C12H10FNO3/c1-17-11-3-7(5-15)2-8-4-9(13)10(6-16)14-12(8)11/h2-5,16H,6H2,1H3. The molecule has 0 amide bonds. The molecule has 0 fully saturated rings. The van der Waals surface area contributed by atoms with E-state index in [1.54, 1.807) is 0 Å². The summed E-state index contributed by atoms with van der Waals surface area (Å²) in [6.07, 6.45) is 0.653. The summed E-state index contributed by atoms with van der Waals surface area (Å²) in [6, 6.07) is 4.26. The Bertz CT molecular complexity index is 583. The minimum absolute atomic E-state index is 0.0466. The lowest BCUT2D eigenvalue weighted by atomic mass is 10.1. The van der Waals surface area contributed by atoms with Gasteiger partial charge < -0.3 is 9.84 Å². The summed E-state index contributed by atoms with van der Waals surface area (Å²) in [5.41, 5.74) is 0.755. The van der Waals surface area contributed by atoms with Crippen molar-refractivity contribution in [2.45, 2.75) is 6.61 Å². The third kappa shape index (κ3) is 1.97. The minimum atomic E-state index is -0.606. The van der Waals surface area contributed by atoms with Crippen molar-refractivity contribution in [3.8, 4) is 5.75 Å². The van der Waals surface area contributed by atoms with Gasteiger partial charge in [0.2, 0.25) is 0 Å². The molecule has 2 rings (SSSR count). The third-order valence-corrected chi connectivity index (χ3v) is 2.44. The molecule has 0 aliphatic carbocycles. The van der Waals surface area contributed by atoms with Gasteiger partial charge in [0, 0.05) is 10.9 Å². The molecule has 0 saturated carbocycles. The lowest BCUT2D eigenvalue weighted by Gasteiger charge is -2.08. The number of rotatable bonds is 3.